The number of carbonyl (C=O) groups is 1. The van der Waals surface area contributed by atoms with E-state index in [1.807, 2.05) is 32.9 Å². The first-order valence-electron chi connectivity index (χ1n) is 10.0. The molecule has 0 aliphatic rings. The van der Waals surface area contributed by atoms with Gasteiger partial charge in [0.05, 0.1) is 27.5 Å². The van der Waals surface area contributed by atoms with Crippen LogP contribution in [0.1, 0.15) is 32.6 Å². The van der Waals surface area contributed by atoms with Crippen LogP contribution >= 0.6 is 0 Å². The Morgan fingerprint density at radius 2 is 1.18 bits per heavy atom. The predicted molar refractivity (Wildman–Crippen MR) is 128 cm³/mol. The molecule has 0 unspecified atom stereocenters. The maximum absolute atomic E-state index is 11.5. The third kappa shape index (κ3) is 5.50. The Morgan fingerprint density at radius 3 is 1.65 bits per heavy atom. The molecule has 0 heterocycles. The fourth-order valence-electron chi connectivity index (χ4n) is 3.08. The van der Waals surface area contributed by atoms with Crippen LogP contribution in [0.4, 0.5) is 28.4 Å². The van der Waals surface area contributed by atoms with Gasteiger partial charge in [-0.3, -0.25) is 4.55 Å². The van der Waals surface area contributed by atoms with Gasteiger partial charge in [0.25, 0.3) is 10.1 Å². The summed E-state index contributed by atoms with van der Waals surface area (Å²) in [6.45, 7) is 7.43. The Kier molecular flexibility index (Phi) is 6.89. The standard InChI is InChI=1S/C23H23N5O5S/c1-12-8-20(13(2)7-18(12)24)27-28-22-10-14(3)21(9-15(22)4)26-25-19-6-5-16(34(31,32)33)11-17(19)23(29)30/h5-11H,24H2,1-4H3,(H,29,30)(H,31,32,33)/b26-25-,28-27-. The largest absolute Gasteiger partial charge is 0.478 e. The molecular weight excluding hydrogens is 458 g/mol. The maximum Gasteiger partial charge on any atom is 0.338 e. The highest BCUT2D eigenvalue weighted by Gasteiger charge is 2.17. The van der Waals surface area contributed by atoms with Gasteiger partial charge in [-0.2, -0.15) is 23.8 Å². The van der Waals surface area contributed by atoms with Gasteiger partial charge in [-0.05, 0) is 92.4 Å². The van der Waals surface area contributed by atoms with Crippen molar-refractivity contribution in [2.45, 2.75) is 32.6 Å². The normalized spacial score (nSPS) is 12.0. The van der Waals surface area contributed by atoms with Gasteiger partial charge in [-0.1, -0.05) is 0 Å². The maximum atomic E-state index is 11.5. The molecular formula is C23H23N5O5S. The number of anilines is 1. The Hall–Kier alpha value is -3.96. The van der Waals surface area contributed by atoms with Crippen LogP contribution in [0.5, 0.6) is 0 Å². The molecule has 0 saturated heterocycles. The number of hydrogen-bond donors (Lipinski definition) is 3. The first kappa shape index (κ1) is 24.7. The molecule has 0 spiro atoms. The van der Waals surface area contributed by atoms with E-state index >= 15 is 0 Å². The molecule has 0 aliphatic heterocycles. The fourth-order valence-corrected chi connectivity index (χ4v) is 3.59. The van der Waals surface area contributed by atoms with Crippen molar-refractivity contribution in [3.05, 3.63) is 70.3 Å². The van der Waals surface area contributed by atoms with Gasteiger partial charge in [-0.25, -0.2) is 4.79 Å². The van der Waals surface area contributed by atoms with Gasteiger partial charge in [-0.15, -0.1) is 5.11 Å². The zero-order valence-corrected chi connectivity index (χ0v) is 19.8. The van der Waals surface area contributed by atoms with Crippen LogP contribution in [0.3, 0.4) is 0 Å². The van der Waals surface area contributed by atoms with Crippen LogP contribution in [0.25, 0.3) is 0 Å². The van der Waals surface area contributed by atoms with Gasteiger partial charge in [0.2, 0.25) is 0 Å². The van der Waals surface area contributed by atoms with E-state index in [1.54, 1.807) is 19.1 Å². The average molecular weight is 482 g/mol. The summed E-state index contributed by atoms with van der Waals surface area (Å²) in [5.41, 5.74) is 11.3. The summed E-state index contributed by atoms with van der Waals surface area (Å²) in [7, 11) is -4.55. The van der Waals surface area contributed by atoms with Gasteiger partial charge in [0.15, 0.2) is 0 Å². The highest BCUT2D eigenvalue weighted by molar-refractivity contribution is 7.85. The molecule has 0 aliphatic carbocycles. The highest BCUT2D eigenvalue weighted by Crippen LogP contribution is 2.33. The molecule has 0 saturated carbocycles. The molecule has 176 valence electrons. The number of benzene rings is 3. The molecule has 0 amide bonds. The lowest BCUT2D eigenvalue weighted by Crippen LogP contribution is -2.02. The minimum Gasteiger partial charge on any atom is -0.478 e. The van der Waals surface area contributed by atoms with Crippen LogP contribution in [0, 0.1) is 27.7 Å². The number of carboxylic acids is 1. The van der Waals surface area contributed by atoms with E-state index in [0.29, 0.717) is 22.7 Å². The number of hydrogen-bond acceptors (Lipinski definition) is 8. The van der Waals surface area contributed by atoms with Crippen molar-refractivity contribution in [3.8, 4) is 0 Å². The van der Waals surface area contributed by atoms with Gasteiger partial charge < -0.3 is 10.8 Å². The molecule has 0 aromatic heterocycles. The zero-order valence-electron chi connectivity index (χ0n) is 18.9. The zero-order chi connectivity index (χ0) is 25.2. The number of aromatic carboxylic acids is 1. The van der Waals surface area contributed by atoms with Crippen LogP contribution in [-0.4, -0.2) is 24.0 Å². The molecule has 0 fully saturated rings. The number of azo groups is 2. The van der Waals surface area contributed by atoms with Crippen LogP contribution in [0.15, 0.2) is 67.8 Å². The molecule has 4 N–H and O–H groups in total. The summed E-state index contributed by atoms with van der Waals surface area (Å²) >= 11 is 0. The predicted octanol–water partition coefficient (Wildman–Crippen LogP) is 6.28. The smallest absolute Gasteiger partial charge is 0.338 e. The fraction of sp³-hybridized carbons (Fsp3) is 0.174. The van der Waals surface area contributed by atoms with Crippen molar-refractivity contribution in [1.29, 1.82) is 0 Å². The Balaban J connectivity index is 1.93. The van der Waals surface area contributed by atoms with E-state index in [-0.39, 0.29) is 5.69 Å². The van der Waals surface area contributed by atoms with E-state index in [2.05, 4.69) is 20.5 Å². The van der Waals surface area contributed by atoms with Crippen molar-refractivity contribution in [2.24, 2.45) is 20.5 Å². The molecule has 3 aromatic carbocycles. The summed E-state index contributed by atoms with van der Waals surface area (Å²) in [6, 6.07) is 10.3. The van der Waals surface area contributed by atoms with Gasteiger partial charge >= 0.3 is 5.97 Å². The third-order valence-electron chi connectivity index (χ3n) is 5.13. The highest BCUT2D eigenvalue weighted by atomic mass is 32.2. The Bertz CT molecular complexity index is 1460. The number of nitrogens with two attached hydrogens (primary N) is 1. The summed E-state index contributed by atoms with van der Waals surface area (Å²) in [6.07, 6.45) is 0. The van der Waals surface area contributed by atoms with Crippen LogP contribution in [-0.2, 0) is 10.1 Å². The van der Waals surface area contributed by atoms with Crippen molar-refractivity contribution in [1.82, 2.24) is 0 Å². The summed E-state index contributed by atoms with van der Waals surface area (Å²) in [5.74, 6) is -1.41. The summed E-state index contributed by atoms with van der Waals surface area (Å²) in [4.78, 5) is 11.0. The Morgan fingerprint density at radius 1 is 0.735 bits per heavy atom. The lowest BCUT2D eigenvalue weighted by atomic mass is 10.1. The molecule has 3 rings (SSSR count). The first-order valence-corrected chi connectivity index (χ1v) is 11.5. The molecule has 34 heavy (non-hydrogen) atoms. The average Bonchev–Trinajstić information content (AvgIpc) is 2.75. The van der Waals surface area contributed by atoms with Crippen LogP contribution in [0.2, 0.25) is 0 Å². The summed E-state index contributed by atoms with van der Waals surface area (Å²) < 4.78 is 31.7. The van der Waals surface area contributed by atoms with Crippen molar-refractivity contribution in [2.75, 3.05) is 5.73 Å². The lowest BCUT2D eigenvalue weighted by Gasteiger charge is -2.07. The van der Waals surface area contributed by atoms with E-state index in [1.165, 1.54) is 0 Å². The van der Waals surface area contributed by atoms with Crippen LogP contribution < -0.4 is 5.73 Å². The number of nitrogens with zero attached hydrogens (tertiary/aromatic N) is 4. The Labute approximate surface area is 196 Å². The molecule has 11 heteroatoms. The minimum absolute atomic E-state index is 0.0603. The molecule has 0 atom stereocenters. The number of rotatable bonds is 6. The molecule has 10 nitrogen and oxygen atoms in total. The SMILES string of the molecule is Cc1cc(/N=N\c2cc(C)c(/N=N\c3ccc(S(=O)(=O)O)cc3C(=O)O)cc2C)c(C)cc1N. The van der Waals surface area contributed by atoms with Gasteiger partial charge in [0.1, 0.15) is 5.69 Å². The van der Waals surface area contributed by atoms with E-state index < -0.39 is 26.5 Å². The van der Waals surface area contributed by atoms with Crippen molar-refractivity contribution in [3.63, 3.8) is 0 Å². The minimum atomic E-state index is -4.55. The van der Waals surface area contributed by atoms with E-state index in [9.17, 15) is 18.3 Å². The lowest BCUT2D eigenvalue weighted by molar-refractivity contribution is 0.0697. The van der Waals surface area contributed by atoms with Gasteiger partial charge in [0, 0.05) is 5.69 Å². The quantitative estimate of drug-likeness (QED) is 0.213. The van der Waals surface area contributed by atoms with Crippen molar-refractivity contribution < 1.29 is 22.9 Å². The first-order chi connectivity index (χ1) is 15.9. The molecule has 3 aromatic rings. The third-order valence-corrected chi connectivity index (χ3v) is 5.98. The van der Waals surface area contributed by atoms with E-state index in [4.69, 9.17) is 10.3 Å². The monoisotopic (exact) mass is 481 g/mol. The topological polar surface area (TPSA) is 167 Å². The second-order valence-electron chi connectivity index (χ2n) is 7.78. The summed E-state index contributed by atoms with van der Waals surface area (Å²) in [5, 5.41) is 26.2. The van der Waals surface area contributed by atoms with Crippen molar-refractivity contribution >= 4 is 44.5 Å². The molecule has 0 bridgehead atoms. The van der Waals surface area contributed by atoms with E-state index in [0.717, 1.165) is 40.5 Å². The number of aryl methyl sites for hydroxylation is 4. The second kappa shape index (κ2) is 9.49. The molecule has 0 radical (unpaired) electrons. The number of nitrogen functional groups attached to an aromatic ring is 1. The number of carboxylic acid groups (broad SMARTS) is 1. The second-order valence-corrected chi connectivity index (χ2v) is 9.20.